The molecule has 0 spiro atoms. The van der Waals surface area contributed by atoms with Crippen LogP contribution < -0.4 is 9.64 Å². The third-order valence-electron chi connectivity index (χ3n) is 5.38. The van der Waals surface area contributed by atoms with Gasteiger partial charge >= 0.3 is 12.5 Å². The van der Waals surface area contributed by atoms with Gasteiger partial charge in [-0.3, -0.25) is 9.69 Å². The zero-order valence-corrected chi connectivity index (χ0v) is 16.3. The molecule has 2 aromatic heterocycles. The molecule has 162 valence electrons. The van der Waals surface area contributed by atoms with Crippen LogP contribution in [0.25, 0.3) is 22.4 Å². The molecule has 3 aliphatic heterocycles. The van der Waals surface area contributed by atoms with Crippen LogP contribution in [0.1, 0.15) is 16.8 Å². The molecule has 0 radical (unpaired) electrons. The van der Waals surface area contributed by atoms with E-state index in [1.54, 1.807) is 10.3 Å². The van der Waals surface area contributed by atoms with Crippen LogP contribution in [0.5, 0.6) is 5.75 Å². The molecule has 2 atom stereocenters. The number of piperidine rings is 1. The summed E-state index contributed by atoms with van der Waals surface area (Å²) < 4.78 is 49.0. The summed E-state index contributed by atoms with van der Waals surface area (Å²) in [5.74, 6) is -0.749. The third kappa shape index (κ3) is 3.24. The Morgan fingerprint density at radius 3 is 2.68 bits per heavy atom. The molecule has 9 nitrogen and oxygen atoms in total. The van der Waals surface area contributed by atoms with Gasteiger partial charge in [-0.15, -0.1) is 24.5 Å². The maximum atomic E-state index is 13.0. The fourth-order valence-corrected chi connectivity index (χ4v) is 4.68. The lowest BCUT2D eigenvalue weighted by atomic mass is 9.88. The lowest BCUT2D eigenvalue weighted by Gasteiger charge is -2.54. The summed E-state index contributed by atoms with van der Waals surface area (Å²) in [6.45, 7) is 0.579. The number of ether oxygens (including phenoxy) is 1. The number of halogens is 3. The van der Waals surface area contributed by atoms with Gasteiger partial charge in [0.15, 0.2) is 23.1 Å². The minimum Gasteiger partial charge on any atom is -0.465 e. The Bertz CT molecular complexity index is 1170. The van der Waals surface area contributed by atoms with E-state index < -0.39 is 18.2 Å². The zero-order valence-electron chi connectivity index (χ0n) is 15.5. The van der Waals surface area contributed by atoms with Gasteiger partial charge in [-0.1, -0.05) is 0 Å². The molecule has 3 saturated heterocycles. The van der Waals surface area contributed by atoms with Crippen LogP contribution in [0.15, 0.2) is 21.4 Å². The molecular weight excluding hydrogens is 441 g/mol. The van der Waals surface area contributed by atoms with Gasteiger partial charge in [0.05, 0.1) is 28.9 Å². The molecular formula is C18H13F3N4O5S. The molecule has 3 aromatic rings. The highest BCUT2D eigenvalue weighted by atomic mass is 32.1. The summed E-state index contributed by atoms with van der Waals surface area (Å²) in [6, 6.07) is 0.753. The summed E-state index contributed by atoms with van der Waals surface area (Å²) in [7, 11) is 0. The van der Waals surface area contributed by atoms with Crippen LogP contribution in [0.2, 0.25) is 0 Å². The van der Waals surface area contributed by atoms with E-state index in [1.807, 2.05) is 0 Å². The lowest BCUT2D eigenvalue weighted by molar-refractivity contribution is -0.274. The first-order valence-corrected chi connectivity index (χ1v) is 10.0. The average Bonchev–Trinajstić information content (AvgIpc) is 3.37. The van der Waals surface area contributed by atoms with E-state index in [-0.39, 0.29) is 54.1 Å². The number of amides is 1. The Balaban J connectivity index is 1.62. The largest absolute Gasteiger partial charge is 0.573 e. The number of aldehydes is 1. The van der Waals surface area contributed by atoms with Crippen molar-refractivity contribution in [1.29, 1.82) is 0 Å². The van der Waals surface area contributed by atoms with Crippen molar-refractivity contribution in [2.45, 2.75) is 24.9 Å². The minimum absolute atomic E-state index is 0.0000811. The molecule has 3 aliphatic rings. The highest BCUT2D eigenvalue weighted by Gasteiger charge is 2.48. The van der Waals surface area contributed by atoms with Crippen LogP contribution in [-0.2, 0) is 0 Å². The monoisotopic (exact) mass is 454 g/mol. The molecule has 2 unspecified atom stereocenters. The van der Waals surface area contributed by atoms with Crippen LogP contribution in [0, 0.1) is 0 Å². The number of hydrogen-bond donors (Lipinski definition) is 1. The van der Waals surface area contributed by atoms with Crippen LogP contribution in [-0.4, -0.2) is 63.9 Å². The van der Waals surface area contributed by atoms with Crippen molar-refractivity contribution in [2.24, 2.45) is 0 Å². The molecule has 0 saturated carbocycles. The van der Waals surface area contributed by atoms with Gasteiger partial charge in [0.25, 0.3) is 6.01 Å². The Morgan fingerprint density at radius 2 is 2.10 bits per heavy atom. The van der Waals surface area contributed by atoms with Crippen molar-refractivity contribution in [3.05, 3.63) is 22.5 Å². The summed E-state index contributed by atoms with van der Waals surface area (Å²) >= 11 is 1.27. The number of anilines is 1. The van der Waals surface area contributed by atoms with Gasteiger partial charge in [-0.2, -0.15) is 4.98 Å². The molecule has 1 aromatic carbocycles. The third-order valence-corrected chi connectivity index (χ3v) is 5.96. The van der Waals surface area contributed by atoms with Crippen molar-refractivity contribution >= 4 is 40.8 Å². The maximum absolute atomic E-state index is 13.0. The predicted molar refractivity (Wildman–Crippen MR) is 101 cm³/mol. The van der Waals surface area contributed by atoms with Gasteiger partial charge in [0, 0.05) is 24.0 Å². The predicted octanol–water partition coefficient (Wildman–Crippen LogP) is 3.60. The molecule has 0 aliphatic carbocycles. The number of benzene rings is 1. The van der Waals surface area contributed by atoms with Gasteiger partial charge in [0.1, 0.15) is 0 Å². The average molecular weight is 454 g/mol. The minimum atomic E-state index is -5.04. The van der Waals surface area contributed by atoms with Crippen molar-refractivity contribution in [1.82, 2.24) is 14.9 Å². The van der Waals surface area contributed by atoms with E-state index in [0.717, 1.165) is 0 Å². The van der Waals surface area contributed by atoms with Gasteiger partial charge < -0.3 is 19.2 Å². The molecule has 2 bridgehead atoms. The number of fused-ring (bicyclic) bond motifs is 3. The van der Waals surface area contributed by atoms with Crippen molar-refractivity contribution in [3.63, 3.8) is 0 Å². The number of oxazole rings is 1. The number of piperazine rings is 1. The number of rotatable bonds is 4. The molecule has 3 fully saturated rings. The van der Waals surface area contributed by atoms with Gasteiger partial charge in [-0.25, -0.2) is 9.78 Å². The van der Waals surface area contributed by atoms with Gasteiger partial charge in [0.2, 0.25) is 0 Å². The fourth-order valence-electron chi connectivity index (χ4n) is 4.13. The summed E-state index contributed by atoms with van der Waals surface area (Å²) in [5.41, 5.74) is 1.66. The first-order chi connectivity index (χ1) is 14.7. The van der Waals surface area contributed by atoms with Crippen molar-refractivity contribution < 1.29 is 37.0 Å². The number of thiazole rings is 1. The standard InChI is InChI=1S/C18H13F3N4O5S/c19-18(20,21)30-14-8(5-26)1-11(12-6-31-7-22-12)15-13(14)23-16(29-15)24-3-9-2-10(4-24)25(9)17(27)28/h1,5-7,9-10H,2-4H2,(H,27,28). The number of carbonyl (C=O) groups is 2. The number of carbonyl (C=O) groups excluding carboxylic acids is 1. The Morgan fingerprint density at radius 1 is 1.35 bits per heavy atom. The Hall–Kier alpha value is -3.35. The van der Waals surface area contributed by atoms with E-state index in [2.05, 4.69) is 14.7 Å². The van der Waals surface area contributed by atoms with Crippen LogP contribution in [0.4, 0.5) is 24.0 Å². The highest BCUT2D eigenvalue weighted by Crippen LogP contribution is 2.42. The number of aromatic nitrogens is 2. The molecule has 31 heavy (non-hydrogen) atoms. The zero-order chi connectivity index (χ0) is 21.9. The Kier molecular flexibility index (Phi) is 4.32. The van der Waals surface area contributed by atoms with Gasteiger partial charge in [-0.05, 0) is 12.5 Å². The smallest absolute Gasteiger partial charge is 0.465 e. The number of hydrogen-bond acceptors (Lipinski definition) is 8. The van der Waals surface area contributed by atoms with E-state index >= 15 is 0 Å². The van der Waals surface area contributed by atoms with E-state index in [4.69, 9.17) is 4.42 Å². The first kappa shape index (κ1) is 19.6. The topological polar surface area (TPSA) is 109 Å². The van der Waals surface area contributed by atoms with E-state index in [0.29, 0.717) is 17.7 Å². The lowest BCUT2D eigenvalue weighted by Crippen LogP contribution is -2.70. The second-order valence-corrected chi connectivity index (χ2v) is 7.91. The molecule has 13 heteroatoms. The normalized spacial score (nSPS) is 20.6. The second kappa shape index (κ2) is 6.83. The van der Waals surface area contributed by atoms with Crippen molar-refractivity contribution in [3.8, 4) is 17.0 Å². The van der Waals surface area contributed by atoms with Crippen LogP contribution >= 0.6 is 11.3 Å². The number of alkyl halides is 3. The molecule has 6 rings (SSSR count). The number of carboxylic acid groups (broad SMARTS) is 1. The highest BCUT2D eigenvalue weighted by molar-refractivity contribution is 7.07. The molecule has 5 heterocycles. The fraction of sp³-hybridized carbons (Fsp3) is 0.333. The maximum Gasteiger partial charge on any atom is 0.573 e. The quantitative estimate of drug-likeness (QED) is 0.596. The van der Waals surface area contributed by atoms with E-state index in [1.165, 1.54) is 27.8 Å². The molecule has 1 N–H and O–H groups in total. The SMILES string of the molecule is O=Cc1cc(-c2cscn2)c2oc(N3CC4CC(C3)N4C(=O)O)nc2c1OC(F)(F)F. The summed E-state index contributed by atoms with van der Waals surface area (Å²) in [4.78, 5) is 34.2. The first-order valence-electron chi connectivity index (χ1n) is 9.08. The second-order valence-electron chi connectivity index (χ2n) is 7.19. The van der Waals surface area contributed by atoms with E-state index in [9.17, 15) is 27.9 Å². The summed E-state index contributed by atoms with van der Waals surface area (Å²) in [6.07, 6.45) is -5.10. The summed E-state index contributed by atoms with van der Waals surface area (Å²) in [5, 5.41) is 10.9. The molecule has 1 amide bonds. The number of nitrogens with zero attached hydrogens (tertiary/aromatic N) is 4. The van der Waals surface area contributed by atoms with Crippen LogP contribution in [0.3, 0.4) is 0 Å². The Labute approximate surface area is 175 Å². The van der Waals surface area contributed by atoms with Crippen molar-refractivity contribution in [2.75, 3.05) is 18.0 Å².